The molecule has 0 amide bonds. The van der Waals surface area contributed by atoms with Crippen LogP contribution in [0.5, 0.6) is 0 Å². The lowest BCUT2D eigenvalue weighted by atomic mass is 10.1. The zero-order valence-electron chi connectivity index (χ0n) is 28.7. The van der Waals surface area contributed by atoms with E-state index in [-0.39, 0.29) is 22.3 Å². The van der Waals surface area contributed by atoms with E-state index in [1.807, 2.05) is 64.6 Å². The average Bonchev–Trinajstić information content (AvgIpc) is 3.11. The minimum atomic E-state index is -0.187. The third-order valence-corrected chi connectivity index (χ3v) is 8.13. The van der Waals surface area contributed by atoms with Gasteiger partial charge < -0.3 is 20.9 Å². The van der Waals surface area contributed by atoms with E-state index in [0.29, 0.717) is 46.8 Å². The molecule has 0 aliphatic heterocycles. The van der Waals surface area contributed by atoms with Crippen molar-refractivity contribution >= 4 is 39.2 Å². The molecule has 0 spiro atoms. The number of aromatic nitrogens is 6. The molecule has 256 valence electrons. The first-order valence-corrected chi connectivity index (χ1v) is 16.1. The Bertz CT molecular complexity index is 2070. The lowest BCUT2D eigenvalue weighted by molar-refractivity contribution is 0.306. The molecule has 6 rings (SSSR count). The summed E-state index contributed by atoms with van der Waals surface area (Å²) >= 11 is 5.80. The minimum absolute atomic E-state index is 0.143. The van der Waals surface area contributed by atoms with Crippen LogP contribution >= 0.6 is 11.6 Å². The number of nitrogens with two attached hydrogens (primary N) is 1. The fraction of sp³-hybridized carbons (Fsp3) is 0.278. The number of likely N-dealkylation sites (N-methyl/N-ethyl adjacent to an activating group) is 2. The van der Waals surface area contributed by atoms with Gasteiger partial charge in [-0.3, -0.25) is 19.6 Å². The number of anilines is 1. The molecule has 4 aromatic heterocycles. The molecule has 49 heavy (non-hydrogen) atoms. The largest absolute Gasteiger partial charge is 0.365 e. The summed E-state index contributed by atoms with van der Waals surface area (Å²) < 4.78 is 2.55. The van der Waals surface area contributed by atoms with Gasteiger partial charge in [0.1, 0.15) is 11.0 Å². The fourth-order valence-corrected chi connectivity index (χ4v) is 5.50. The van der Waals surface area contributed by atoms with Crippen molar-refractivity contribution in [3.05, 3.63) is 134 Å². The van der Waals surface area contributed by atoms with Gasteiger partial charge in [0.25, 0.3) is 11.1 Å². The number of pyridine rings is 2. The molecule has 13 heteroatoms. The molecule has 0 bridgehead atoms. The summed E-state index contributed by atoms with van der Waals surface area (Å²) in [5, 5.41) is 12.8. The van der Waals surface area contributed by atoms with Gasteiger partial charge in [0, 0.05) is 45.6 Å². The predicted octanol–water partition coefficient (Wildman–Crippen LogP) is 4.27. The highest BCUT2D eigenvalue weighted by atomic mass is 35.5. The molecule has 0 aliphatic carbocycles. The van der Waals surface area contributed by atoms with Gasteiger partial charge in [0.2, 0.25) is 0 Å². The second kappa shape index (κ2) is 17.4. The average molecular weight is 683 g/mol. The Morgan fingerprint density at radius 2 is 1.16 bits per heavy atom. The highest BCUT2D eigenvalue weighted by Crippen LogP contribution is 2.21. The van der Waals surface area contributed by atoms with Crippen LogP contribution < -0.4 is 22.2 Å². The minimum Gasteiger partial charge on any atom is -0.365 e. The maximum Gasteiger partial charge on any atom is 0.276 e. The lowest BCUT2D eigenvalue weighted by Gasteiger charge is -2.25. The van der Waals surface area contributed by atoms with Crippen molar-refractivity contribution in [2.24, 2.45) is 19.8 Å². The summed E-state index contributed by atoms with van der Waals surface area (Å²) in [5.41, 5.74) is 8.89. The number of hydrogen-bond acceptors (Lipinski definition) is 10. The second-order valence-electron chi connectivity index (χ2n) is 11.7. The molecular weight excluding hydrogens is 640 g/mol. The molecular formula is C36H43ClN10O2. The third-order valence-electron chi connectivity index (χ3n) is 7.87. The quantitative estimate of drug-likeness (QED) is 0.239. The number of hydrogen-bond donors (Lipinski definition) is 2. The summed E-state index contributed by atoms with van der Waals surface area (Å²) in [6.07, 6.45) is 3.25. The van der Waals surface area contributed by atoms with E-state index in [4.69, 9.17) is 17.3 Å². The fourth-order valence-electron chi connectivity index (χ4n) is 5.23. The van der Waals surface area contributed by atoms with Crippen LogP contribution in [0.15, 0.2) is 107 Å². The smallest absolute Gasteiger partial charge is 0.276 e. The van der Waals surface area contributed by atoms with Gasteiger partial charge in [0.05, 0.1) is 16.8 Å². The maximum absolute atomic E-state index is 12.2. The molecule has 0 aliphatic rings. The number of rotatable bonds is 8. The van der Waals surface area contributed by atoms with Crippen LogP contribution in [0.3, 0.4) is 0 Å². The van der Waals surface area contributed by atoms with Gasteiger partial charge in [-0.25, -0.2) is 9.36 Å². The van der Waals surface area contributed by atoms with E-state index in [0.717, 1.165) is 0 Å². The van der Waals surface area contributed by atoms with Crippen molar-refractivity contribution in [1.29, 1.82) is 0 Å². The number of fused-ring (bicyclic) bond motifs is 2. The van der Waals surface area contributed by atoms with Crippen LogP contribution in [0.1, 0.15) is 23.2 Å². The third kappa shape index (κ3) is 9.33. The zero-order valence-corrected chi connectivity index (χ0v) is 29.4. The topological polar surface area (TPSA) is 140 Å². The predicted molar refractivity (Wildman–Crippen MR) is 198 cm³/mol. The molecule has 3 N–H and O–H groups in total. The van der Waals surface area contributed by atoms with Crippen LogP contribution in [0.25, 0.3) is 21.8 Å². The van der Waals surface area contributed by atoms with Gasteiger partial charge in [-0.2, -0.15) is 10.2 Å². The van der Waals surface area contributed by atoms with E-state index >= 15 is 0 Å². The highest BCUT2D eigenvalue weighted by Gasteiger charge is 2.16. The molecule has 2 atom stereocenters. The Morgan fingerprint density at radius 1 is 0.694 bits per heavy atom. The second-order valence-corrected chi connectivity index (χ2v) is 12.1. The van der Waals surface area contributed by atoms with Gasteiger partial charge in [-0.15, -0.1) is 0 Å². The van der Waals surface area contributed by atoms with Crippen LogP contribution in [0.2, 0.25) is 5.15 Å². The summed E-state index contributed by atoms with van der Waals surface area (Å²) in [7, 11) is 11.4. The molecule has 4 heterocycles. The summed E-state index contributed by atoms with van der Waals surface area (Å²) in [5.74, 6) is 0.621. The highest BCUT2D eigenvalue weighted by molar-refractivity contribution is 6.33. The molecule has 0 saturated carbocycles. The number of halogens is 1. The maximum atomic E-state index is 12.2. The number of nitrogens with one attached hydrogen (secondary N) is 1. The van der Waals surface area contributed by atoms with Crippen molar-refractivity contribution in [2.75, 3.05) is 46.6 Å². The van der Waals surface area contributed by atoms with Gasteiger partial charge >= 0.3 is 0 Å². The van der Waals surface area contributed by atoms with Crippen molar-refractivity contribution < 1.29 is 0 Å². The molecule has 2 unspecified atom stereocenters. The SMILES string of the molecule is CN(C)C(CN)c1ccccc1.CN(C)C(CNc1nn(C)c(=O)c2cccnc12)c1ccccc1.Cn1nc(Cl)c2ncccc2c1=O. The number of nitrogens with zero attached hydrogens (tertiary/aromatic N) is 8. The standard InChI is InChI=1S/C18H21N5O.C10H16N2.C8H6ClN3O/c1-22(2)15(13-8-5-4-6-9-13)12-20-17-16-14(10-7-11-19-16)18(24)23(3)21-17;1-12(2)10(8-11)9-6-4-3-5-7-9;1-12-8(13)5-3-2-4-10-6(5)7(9)11-12/h4-11,15H,12H2,1-3H3,(H,20,21);3-7,10H,8,11H2,1-2H3;2-4H,1H3. The Kier molecular flexibility index (Phi) is 13.1. The Balaban J connectivity index is 0.000000182. The summed E-state index contributed by atoms with van der Waals surface area (Å²) in [6.45, 7) is 1.32. The van der Waals surface area contributed by atoms with Gasteiger partial charge in [-0.05, 0) is 63.6 Å². The van der Waals surface area contributed by atoms with Crippen LogP contribution in [0.4, 0.5) is 5.82 Å². The van der Waals surface area contributed by atoms with Crippen molar-refractivity contribution in [3.63, 3.8) is 0 Å². The first kappa shape index (κ1) is 36.8. The van der Waals surface area contributed by atoms with Crippen molar-refractivity contribution in [1.82, 2.24) is 39.3 Å². The normalized spacial score (nSPS) is 12.2. The van der Waals surface area contributed by atoms with E-state index in [1.165, 1.54) is 20.5 Å². The van der Waals surface area contributed by atoms with E-state index < -0.39 is 0 Å². The Hall–Kier alpha value is -5.01. The van der Waals surface area contributed by atoms with Crippen LogP contribution in [-0.4, -0.2) is 80.6 Å². The molecule has 0 fully saturated rings. The van der Waals surface area contributed by atoms with Crippen LogP contribution in [-0.2, 0) is 14.1 Å². The van der Waals surface area contributed by atoms with Crippen molar-refractivity contribution in [3.8, 4) is 0 Å². The number of aryl methyl sites for hydroxylation is 2. The van der Waals surface area contributed by atoms with E-state index in [2.05, 4.69) is 59.5 Å². The molecule has 6 aromatic rings. The zero-order chi connectivity index (χ0) is 35.5. The first-order chi connectivity index (χ1) is 23.5. The summed E-state index contributed by atoms with van der Waals surface area (Å²) in [6, 6.07) is 28.1. The van der Waals surface area contributed by atoms with E-state index in [9.17, 15) is 9.59 Å². The Labute approximate surface area is 290 Å². The molecule has 2 aromatic carbocycles. The molecule has 0 radical (unpaired) electrons. The monoisotopic (exact) mass is 682 g/mol. The molecule has 0 saturated heterocycles. The lowest BCUT2D eigenvalue weighted by Crippen LogP contribution is -2.28. The Morgan fingerprint density at radius 3 is 1.67 bits per heavy atom. The molecule has 12 nitrogen and oxygen atoms in total. The van der Waals surface area contributed by atoms with E-state index in [1.54, 1.807) is 50.8 Å². The van der Waals surface area contributed by atoms with Crippen LogP contribution in [0, 0.1) is 0 Å². The first-order valence-electron chi connectivity index (χ1n) is 15.7. The summed E-state index contributed by atoms with van der Waals surface area (Å²) in [4.78, 5) is 36.2. The van der Waals surface area contributed by atoms with Crippen molar-refractivity contribution in [2.45, 2.75) is 12.1 Å². The van der Waals surface area contributed by atoms with Gasteiger partial charge in [0.15, 0.2) is 11.0 Å². The number of benzene rings is 2. The van der Waals surface area contributed by atoms with Gasteiger partial charge in [-0.1, -0.05) is 72.3 Å².